The lowest BCUT2D eigenvalue weighted by Gasteiger charge is -2.05. The maximum atomic E-state index is 5.99. The number of rotatable bonds is 3. The highest BCUT2D eigenvalue weighted by molar-refractivity contribution is 6.20. The first kappa shape index (κ1) is 12.1. The van der Waals surface area contributed by atoms with E-state index in [2.05, 4.69) is 33.5 Å². The van der Waals surface area contributed by atoms with E-state index in [4.69, 9.17) is 11.6 Å². The van der Waals surface area contributed by atoms with Crippen molar-refractivity contribution in [1.82, 2.24) is 20.0 Å². The highest BCUT2D eigenvalue weighted by Crippen LogP contribution is 2.18. The van der Waals surface area contributed by atoms with Gasteiger partial charge in [0.15, 0.2) is 0 Å². The first-order valence-corrected chi connectivity index (χ1v) is 6.54. The van der Waals surface area contributed by atoms with Gasteiger partial charge in [-0.15, -0.1) is 16.7 Å². The summed E-state index contributed by atoms with van der Waals surface area (Å²) in [5.41, 5.74) is 2.91. The fourth-order valence-electron chi connectivity index (χ4n) is 2.04. The molecule has 1 unspecified atom stereocenters. The number of alkyl halides is 1. The number of pyridine rings is 1. The van der Waals surface area contributed by atoms with E-state index in [1.807, 2.05) is 25.3 Å². The molecule has 3 aromatic rings. The summed E-state index contributed by atoms with van der Waals surface area (Å²) in [5.74, 6) is 0. The van der Waals surface area contributed by atoms with Crippen LogP contribution in [-0.4, -0.2) is 20.0 Å². The quantitative estimate of drug-likeness (QED) is 0.688. The van der Waals surface area contributed by atoms with Gasteiger partial charge in [0.2, 0.25) is 0 Å². The topological polar surface area (TPSA) is 43.6 Å². The predicted octanol–water partition coefficient (Wildman–Crippen LogP) is 3.17. The number of fused-ring (bicyclic) bond motifs is 1. The molecule has 0 radical (unpaired) electrons. The zero-order valence-corrected chi connectivity index (χ0v) is 11.2. The fourth-order valence-corrected chi connectivity index (χ4v) is 2.14. The molecule has 0 amide bonds. The standard InChI is InChI=1S/C14H13ClN4/c1-10(15)13-9-19(18-17-13)8-12-5-2-4-11-6-3-7-16-14(11)12/h2-7,9-10H,8H2,1H3. The molecule has 0 spiro atoms. The van der Waals surface area contributed by atoms with E-state index in [0.717, 1.165) is 22.2 Å². The van der Waals surface area contributed by atoms with Crippen molar-refractivity contribution in [2.75, 3.05) is 0 Å². The van der Waals surface area contributed by atoms with Crippen LogP contribution in [0.4, 0.5) is 0 Å². The highest BCUT2D eigenvalue weighted by atomic mass is 35.5. The van der Waals surface area contributed by atoms with Gasteiger partial charge in [-0.25, -0.2) is 4.68 Å². The van der Waals surface area contributed by atoms with Crippen LogP contribution in [0.3, 0.4) is 0 Å². The molecule has 4 nitrogen and oxygen atoms in total. The number of halogens is 1. The summed E-state index contributed by atoms with van der Waals surface area (Å²) < 4.78 is 1.79. The van der Waals surface area contributed by atoms with Gasteiger partial charge in [0, 0.05) is 11.6 Å². The van der Waals surface area contributed by atoms with Crippen molar-refractivity contribution in [2.45, 2.75) is 18.8 Å². The van der Waals surface area contributed by atoms with Crippen LogP contribution in [0.15, 0.2) is 42.7 Å². The summed E-state index contributed by atoms with van der Waals surface area (Å²) in [4.78, 5) is 4.43. The molecule has 2 aromatic heterocycles. The molecule has 0 bridgehead atoms. The number of para-hydroxylation sites is 1. The maximum absolute atomic E-state index is 5.99. The Morgan fingerprint density at radius 1 is 1.26 bits per heavy atom. The molecule has 0 aliphatic carbocycles. The molecule has 0 saturated heterocycles. The van der Waals surface area contributed by atoms with Gasteiger partial charge in [-0.2, -0.15) is 0 Å². The second-order valence-corrected chi connectivity index (χ2v) is 5.10. The van der Waals surface area contributed by atoms with E-state index in [9.17, 15) is 0 Å². The zero-order valence-electron chi connectivity index (χ0n) is 10.5. The van der Waals surface area contributed by atoms with E-state index >= 15 is 0 Å². The molecule has 1 aromatic carbocycles. The van der Waals surface area contributed by atoms with E-state index in [1.165, 1.54) is 0 Å². The van der Waals surface area contributed by atoms with Crippen LogP contribution in [0, 0.1) is 0 Å². The number of hydrogen-bond acceptors (Lipinski definition) is 3. The van der Waals surface area contributed by atoms with Crippen molar-refractivity contribution in [3.63, 3.8) is 0 Å². The zero-order chi connectivity index (χ0) is 13.2. The second-order valence-electron chi connectivity index (χ2n) is 4.45. The molecule has 3 rings (SSSR count). The minimum absolute atomic E-state index is 0.126. The average molecular weight is 273 g/mol. The van der Waals surface area contributed by atoms with Crippen molar-refractivity contribution in [1.29, 1.82) is 0 Å². The summed E-state index contributed by atoms with van der Waals surface area (Å²) in [6, 6.07) is 10.1. The molecular formula is C14H13ClN4. The summed E-state index contributed by atoms with van der Waals surface area (Å²) in [6.07, 6.45) is 3.68. The second kappa shape index (κ2) is 4.97. The Morgan fingerprint density at radius 2 is 2.11 bits per heavy atom. The van der Waals surface area contributed by atoms with Crippen LogP contribution in [0.25, 0.3) is 10.9 Å². The van der Waals surface area contributed by atoms with Gasteiger partial charge in [-0.3, -0.25) is 4.98 Å². The molecule has 0 aliphatic rings. The van der Waals surface area contributed by atoms with Crippen LogP contribution >= 0.6 is 11.6 Å². The Hall–Kier alpha value is -1.94. The largest absolute Gasteiger partial charge is 0.256 e. The fraction of sp³-hybridized carbons (Fsp3) is 0.214. The summed E-state index contributed by atoms with van der Waals surface area (Å²) >= 11 is 5.99. The minimum Gasteiger partial charge on any atom is -0.256 e. The predicted molar refractivity (Wildman–Crippen MR) is 75.1 cm³/mol. The molecule has 0 fully saturated rings. The first-order valence-electron chi connectivity index (χ1n) is 6.11. The molecule has 2 heterocycles. The highest BCUT2D eigenvalue weighted by Gasteiger charge is 2.08. The van der Waals surface area contributed by atoms with Gasteiger partial charge in [0.1, 0.15) is 5.69 Å². The van der Waals surface area contributed by atoms with Crippen molar-refractivity contribution >= 4 is 22.5 Å². The lowest BCUT2D eigenvalue weighted by atomic mass is 10.1. The van der Waals surface area contributed by atoms with E-state index in [0.29, 0.717) is 6.54 Å². The average Bonchev–Trinajstić information content (AvgIpc) is 2.88. The summed E-state index contributed by atoms with van der Waals surface area (Å²) in [5, 5.41) is 9.15. The number of hydrogen-bond donors (Lipinski definition) is 0. The van der Waals surface area contributed by atoms with Crippen LogP contribution in [-0.2, 0) is 6.54 Å². The van der Waals surface area contributed by atoms with Crippen molar-refractivity contribution in [2.24, 2.45) is 0 Å². The van der Waals surface area contributed by atoms with Crippen LogP contribution in [0.1, 0.15) is 23.6 Å². The SMILES string of the molecule is CC(Cl)c1cn(Cc2cccc3cccnc23)nn1. The van der Waals surface area contributed by atoms with Gasteiger partial charge in [0.25, 0.3) is 0 Å². The smallest absolute Gasteiger partial charge is 0.100 e. The third-order valence-corrected chi connectivity index (χ3v) is 3.24. The molecule has 1 atom stereocenters. The van der Waals surface area contributed by atoms with Gasteiger partial charge < -0.3 is 0 Å². The van der Waals surface area contributed by atoms with Crippen molar-refractivity contribution < 1.29 is 0 Å². The Morgan fingerprint density at radius 3 is 2.89 bits per heavy atom. The molecule has 5 heteroatoms. The van der Waals surface area contributed by atoms with Gasteiger partial charge >= 0.3 is 0 Å². The number of benzene rings is 1. The molecule has 19 heavy (non-hydrogen) atoms. The summed E-state index contributed by atoms with van der Waals surface area (Å²) in [6.45, 7) is 2.53. The summed E-state index contributed by atoms with van der Waals surface area (Å²) in [7, 11) is 0. The molecular weight excluding hydrogens is 260 g/mol. The molecule has 0 saturated carbocycles. The number of nitrogens with zero attached hydrogens (tertiary/aromatic N) is 4. The van der Waals surface area contributed by atoms with E-state index in [1.54, 1.807) is 10.9 Å². The van der Waals surface area contributed by atoms with Gasteiger partial charge in [0.05, 0.1) is 23.6 Å². The Labute approximate surface area is 116 Å². The van der Waals surface area contributed by atoms with Crippen LogP contribution < -0.4 is 0 Å². The lowest BCUT2D eigenvalue weighted by molar-refractivity contribution is 0.651. The normalized spacial score (nSPS) is 12.7. The third kappa shape index (κ3) is 2.44. The maximum Gasteiger partial charge on any atom is 0.100 e. The first-order chi connectivity index (χ1) is 9.24. The van der Waals surface area contributed by atoms with E-state index < -0.39 is 0 Å². The van der Waals surface area contributed by atoms with Crippen LogP contribution in [0.2, 0.25) is 0 Å². The van der Waals surface area contributed by atoms with Gasteiger partial charge in [-0.1, -0.05) is 29.5 Å². The monoisotopic (exact) mass is 272 g/mol. The van der Waals surface area contributed by atoms with E-state index in [-0.39, 0.29) is 5.38 Å². The molecule has 96 valence electrons. The molecule has 0 N–H and O–H groups in total. The Bertz CT molecular complexity index is 700. The Kier molecular flexibility index (Phi) is 3.17. The molecule has 0 aliphatic heterocycles. The minimum atomic E-state index is -0.126. The van der Waals surface area contributed by atoms with Crippen molar-refractivity contribution in [3.8, 4) is 0 Å². The third-order valence-electron chi connectivity index (χ3n) is 3.01. The van der Waals surface area contributed by atoms with Crippen molar-refractivity contribution in [3.05, 3.63) is 54.0 Å². The lowest BCUT2D eigenvalue weighted by Crippen LogP contribution is -2.01. The number of aromatic nitrogens is 4. The van der Waals surface area contributed by atoms with Crippen LogP contribution in [0.5, 0.6) is 0 Å². The Balaban J connectivity index is 1.96. The van der Waals surface area contributed by atoms with Gasteiger partial charge in [-0.05, 0) is 18.6 Å².